The number of halogens is 3. The molecule has 0 radical (unpaired) electrons. The smallest absolute Gasteiger partial charge is 0.338 e. The predicted molar refractivity (Wildman–Crippen MR) is 91.1 cm³/mol. The summed E-state index contributed by atoms with van der Waals surface area (Å²) in [4.78, 5) is 6.30. The maximum absolute atomic E-state index is 12.6. The summed E-state index contributed by atoms with van der Waals surface area (Å²) in [5, 5.41) is 4.01. The summed E-state index contributed by atoms with van der Waals surface area (Å²) in [5.74, 6) is 0.985. The van der Waals surface area contributed by atoms with Gasteiger partial charge >= 0.3 is 6.18 Å². The maximum Gasteiger partial charge on any atom is 0.416 e. The van der Waals surface area contributed by atoms with Gasteiger partial charge in [-0.15, -0.1) is 0 Å². The molecule has 0 amide bonds. The molecule has 1 heterocycles. The van der Waals surface area contributed by atoms with E-state index in [1.165, 1.54) is 12.1 Å². The highest BCUT2D eigenvalue weighted by Gasteiger charge is 2.29. The van der Waals surface area contributed by atoms with Gasteiger partial charge in [-0.3, -0.25) is 4.90 Å². The van der Waals surface area contributed by atoms with Crippen LogP contribution in [0, 0.1) is 6.92 Å². The largest absolute Gasteiger partial charge is 0.416 e. The SMILES string of the molecule is Cc1ccccc1-c1noc(CN(C)Cc2ccc(C(F)(F)F)cc2)n1. The fourth-order valence-electron chi connectivity index (χ4n) is 2.65. The first-order valence-corrected chi connectivity index (χ1v) is 8.06. The van der Waals surface area contributed by atoms with Crippen molar-refractivity contribution in [2.24, 2.45) is 0 Å². The van der Waals surface area contributed by atoms with Crippen molar-refractivity contribution >= 4 is 0 Å². The van der Waals surface area contributed by atoms with Crippen LogP contribution in [-0.4, -0.2) is 22.1 Å². The molecule has 0 bridgehead atoms. The van der Waals surface area contributed by atoms with E-state index in [4.69, 9.17) is 4.52 Å². The van der Waals surface area contributed by atoms with Crippen molar-refractivity contribution in [2.75, 3.05) is 7.05 Å². The molecule has 0 saturated heterocycles. The number of hydrogen-bond acceptors (Lipinski definition) is 4. The Bertz CT molecular complexity index is 872. The zero-order valence-electron chi connectivity index (χ0n) is 14.4. The molecule has 2 aromatic carbocycles. The minimum atomic E-state index is -4.32. The molecule has 3 aromatic rings. The average Bonchev–Trinajstić information content (AvgIpc) is 3.03. The molecule has 26 heavy (non-hydrogen) atoms. The van der Waals surface area contributed by atoms with Crippen molar-refractivity contribution in [1.29, 1.82) is 0 Å². The molecule has 0 fully saturated rings. The molecule has 136 valence electrons. The average molecular weight is 361 g/mol. The summed E-state index contributed by atoms with van der Waals surface area (Å²) in [6.45, 7) is 2.85. The van der Waals surface area contributed by atoms with Crippen molar-refractivity contribution < 1.29 is 17.7 Å². The van der Waals surface area contributed by atoms with Gasteiger partial charge in [0.2, 0.25) is 11.7 Å². The van der Waals surface area contributed by atoms with Gasteiger partial charge in [-0.1, -0.05) is 41.6 Å². The van der Waals surface area contributed by atoms with Crippen LogP contribution in [-0.2, 0) is 19.3 Å². The highest BCUT2D eigenvalue weighted by molar-refractivity contribution is 5.58. The monoisotopic (exact) mass is 361 g/mol. The van der Waals surface area contributed by atoms with Crippen molar-refractivity contribution in [3.05, 3.63) is 71.1 Å². The number of benzene rings is 2. The molecule has 7 heteroatoms. The topological polar surface area (TPSA) is 42.2 Å². The molecule has 0 unspecified atom stereocenters. The van der Waals surface area contributed by atoms with E-state index in [0.717, 1.165) is 28.8 Å². The van der Waals surface area contributed by atoms with Crippen molar-refractivity contribution in [1.82, 2.24) is 15.0 Å². The van der Waals surface area contributed by atoms with Crippen molar-refractivity contribution in [2.45, 2.75) is 26.2 Å². The molecule has 1 aromatic heterocycles. The third-order valence-corrected chi connectivity index (χ3v) is 3.99. The molecular weight excluding hydrogens is 343 g/mol. The van der Waals surface area contributed by atoms with Gasteiger partial charge in [0, 0.05) is 12.1 Å². The molecule has 3 rings (SSSR count). The van der Waals surface area contributed by atoms with E-state index in [1.54, 1.807) is 0 Å². The fraction of sp³-hybridized carbons (Fsp3) is 0.263. The molecule has 0 spiro atoms. The summed E-state index contributed by atoms with van der Waals surface area (Å²) >= 11 is 0. The molecule has 0 aliphatic carbocycles. The number of alkyl halides is 3. The van der Waals surface area contributed by atoms with E-state index < -0.39 is 11.7 Å². The van der Waals surface area contributed by atoms with Gasteiger partial charge in [-0.05, 0) is 37.2 Å². The second-order valence-electron chi connectivity index (χ2n) is 6.19. The van der Waals surface area contributed by atoms with Crippen LogP contribution in [0.5, 0.6) is 0 Å². The second kappa shape index (κ2) is 7.29. The third kappa shape index (κ3) is 4.29. The van der Waals surface area contributed by atoms with Crippen LogP contribution >= 0.6 is 0 Å². The molecule has 0 atom stereocenters. The zero-order valence-corrected chi connectivity index (χ0v) is 14.4. The van der Waals surface area contributed by atoms with Crippen molar-refractivity contribution in [3.63, 3.8) is 0 Å². The predicted octanol–water partition coefficient (Wildman–Crippen LogP) is 4.70. The molecular formula is C19H18F3N3O. The quantitative estimate of drug-likeness (QED) is 0.661. The number of hydrogen-bond donors (Lipinski definition) is 0. The van der Waals surface area contributed by atoms with Gasteiger partial charge in [0.25, 0.3) is 0 Å². The lowest BCUT2D eigenvalue weighted by atomic mass is 10.1. The van der Waals surface area contributed by atoms with E-state index in [2.05, 4.69) is 10.1 Å². The Hall–Kier alpha value is -2.67. The molecule has 4 nitrogen and oxygen atoms in total. The highest BCUT2D eigenvalue weighted by atomic mass is 19.4. The van der Waals surface area contributed by atoms with Crippen LogP contribution in [0.15, 0.2) is 53.1 Å². The minimum Gasteiger partial charge on any atom is -0.338 e. The normalized spacial score (nSPS) is 11.9. The summed E-state index contributed by atoms with van der Waals surface area (Å²) < 4.78 is 43.1. The third-order valence-electron chi connectivity index (χ3n) is 3.99. The van der Waals surface area contributed by atoms with E-state index in [0.29, 0.717) is 24.8 Å². The Labute approximate surface area is 149 Å². The van der Waals surface area contributed by atoms with Crippen molar-refractivity contribution in [3.8, 4) is 11.4 Å². The van der Waals surface area contributed by atoms with Crippen LogP contribution in [0.3, 0.4) is 0 Å². The molecule has 0 aliphatic rings. The second-order valence-corrected chi connectivity index (χ2v) is 6.19. The minimum absolute atomic E-state index is 0.403. The number of aromatic nitrogens is 2. The first kappa shape index (κ1) is 18.1. The van der Waals surface area contributed by atoms with Crippen LogP contribution in [0.1, 0.15) is 22.6 Å². The lowest BCUT2D eigenvalue weighted by molar-refractivity contribution is -0.137. The van der Waals surface area contributed by atoms with E-state index >= 15 is 0 Å². The Morgan fingerprint density at radius 3 is 2.35 bits per heavy atom. The lowest BCUT2D eigenvalue weighted by Crippen LogP contribution is -2.17. The Balaban J connectivity index is 1.64. The standard InChI is InChI=1S/C19H18F3N3O/c1-13-5-3-4-6-16(13)18-23-17(26-24-18)12-25(2)11-14-7-9-15(10-8-14)19(20,21)22/h3-10H,11-12H2,1-2H3. The Kier molecular flexibility index (Phi) is 5.08. The van der Waals surface area contributed by atoms with Crippen LogP contribution in [0.2, 0.25) is 0 Å². The lowest BCUT2D eigenvalue weighted by Gasteiger charge is -2.14. The van der Waals surface area contributed by atoms with Crippen LogP contribution < -0.4 is 0 Å². The van der Waals surface area contributed by atoms with Gasteiger partial charge in [0.05, 0.1) is 12.1 Å². The Morgan fingerprint density at radius 2 is 1.69 bits per heavy atom. The summed E-state index contributed by atoms with van der Waals surface area (Å²) in [6.07, 6.45) is -4.32. The fourth-order valence-corrected chi connectivity index (χ4v) is 2.65. The molecule has 0 saturated carbocycles. The van der Waals surface area contributed by atoms with Gasteiger partial charge in [-0.25, -0.2) is 0 Å². The number of aryl methyl sites for hydroxylation is 1. The van der Waals surface area contributed by atoms with E-state index in [-0.39, 0.29) is 0 Å². The van der Waals surface area contributed by atoms with E-state index in [1.807, 2.05) is 43.1 Å². The first-order chi connectivity index (χ1) is 12.3. The summed E-state index contributed by atoms with van der Waals surface area (Å²) in [6, 6.07) is 12.9. The maximum atomic E-state index is 12.6. The highest BCUT2D eigenvalue weighted by Crippen LogP contribution is 2.29. The first-order valence-electron chi connectivity index (χ1n) is 8.06. The van der Waals surface area contributed by atoms with Gasteiger partial charge in [0.1, 0.15) is 0 Å². The summed E-state index contributed by atoms with van der Waals surface area (Å²) in [5.41, 5.74) is 2.09. The Morgan fingerprint density at radius 1 is 1.00 bits per heavy atom. The van der Waals surface area contributed by atoms with Crippen LogP contribution in [0.4, 0.5) is 13.2 Å². The van der Waals surface area contributed by atoms with E-state index in [9.17, 15) is 13.2 Å². The summed E-state index contributed by atoms with van der Waals surface area (Å²) in [7, 11) is 1.84. The molecule has 0 aliphatic heterocycles. The zero-order chi connectivity index (χ0) is 18.7. The molecule has 0 N–H and O–H groups in total. The van der Waals surface area contributed by atoms with Gasteiger partial charge in [-0.2, -0.15) is 18.2 Å². The number of rotatable bonds is 5. The van der Waals surface area contributed by atoms with Gasteiger partial charge < -0.3 is 4.52 Å². The van der Waals surface area contributed by atoms with Crippen LogP contribution in [0.25, 0.3) is 11.4 Å². The number of nitrogens with zero attached hydrogens (tertiary/aromatic N) is 3. The van der Waals surface area contributed by atoms with Gasteiger partial charge in [0.15, 0.2) is 0 Å².